The van der Waals surface area contributed by atoms with E-state index in [0.717, 1.165) is 5.56 Å². The van der Waals surface area contributed by atoms with Crippen molar-refractivity contribution in [3.05, 3.63) is 52.4 Å². The second-order valence-corrected chi connectivity index (χ2v) is 6.18. The van der Waals surface area contributed by atoms with Gasteiger partial charge in [0.1, 0.15) is 0 Å². The lowest BCUT2D eigenvalue weighted by atomic mass is 10.1. The number of thioether (sulfide) groups is 1. The highest BCUT2D eigenvalue weighted by Gasteiger charge is 2.09. The topological polar surface area (TPSA) is 37.3 Å². The van der Waals surface area contributed by atoms with Crippen molar-refractivity contribution in [1.82, 2.24) is 0 Å². The van der Waals surface area contributed by atoms with Gasteiger partial charge < -0.3 is 5.11 Å². The SMILES string of the molecule is Cc1ccc(SCc2ccccc2C(=O)O)s1. The van der Waals surface area contributed by atoms with Crippen molar-refractivity contribution in [2.45, 2.75) is 16.9 Å². The van der Waals surface area contributed by atoms with E-state index in [9.17, 15) is 4.79 Å². The summed E-state index contributed by atoms with van der Waals surface area (Å²) in [5.41, 5.74) is 1.27. The van der Waals surface area contributed by atoms with Gasteiger partial charge in [-0.2, -0.15) is 0 Å². The van der Waals surface area contributed by atoms with Crippen LogP contribution in [0.2, 0.25) is 0 Å². The minimum atomic E-state index is -0.858. The molecule has 4 heteroatoms. The van der Waals surface area contributed by atoms with E-state index in [1.54, 1.807) is 35.2 Å². The van der Waals surface area contributed by atoms with Crippen LogP contribution in [-0.4, -0.2) is 11.1 Å². The molecule has 0 aliphatic rings. The van der Waals surface area contributed by atoms with Gasteiger partial charge >= 0.3 is 5.97 Å². The molecule has 1 aromatic carbocycles. The maximum absolute atomic E-state index is 11.0. The zero-order valence-electron chi connectivity index (χ0n) is 9.34. The lowest BCUT2D eigenvalue weighted by Crippen LogP contribution is -2.00. The number of aromatic carboxylic acids is 1. The number of benzene rings is 1. The number of aryl methyl sites for hydroxylation is 1. The van der Waals surface area contributed by atoms with Gasteiger partial charge in [-0.1, -0.05) is 18.2 Å². The maximum Gasteiger partial charge on any atom is 0.335 e. The maximum atomic E-state index is 11.0. The van der Waals surface area contributed by atoms with E-state index in [1.807, 2.05) is 12.1 Å². The lowest BCUT2D eigenvalue weighted by molar-refractivity contribution is 0.0696. The highest BCUT2D eigenvalue weighted by Crippen LogP contribution is 2.30. The van der Waals surface area contributed by atoms with Gasteiger partial charge in [-0.05, 0) is 30.7 Å². The standard InChI is InChI=1S/C13H12O2S2/c1-9-6-7-12(17-9)16-8-10-4-2-3-5-11(10)13(14)15/h2-7H,8H2,1H3,(H,14,15). The van der Waals surface area contributed by atoms with Crippen molar-refractivity contribution in [3.63, 3.8) is 0 Å². The van der Waals surface area contributed by atoms with Crippen LogP contribution >= 0.6 is 23.1 Å². The third-order valence-electron chi connectivity index (χ3n) is 2.33. The Bertz CT molecular complexity index is 532. The highest BCUT2D eigenvalue weighted by atomic mass is 32.2. The van der Waals surface area contributed by atoms with Crippen LogP contribution in [0.4, 0.5) is 0 Å². The van der Waals surface area contributed by atoms with Gasteiger partial charge in [-0.25, -0.2) is 4.79 Å². The molecule has 2 aromatic rings. The molecule has 1 N–H and O–H groups in total. The van der Waals surface area contributed by atoms with E-state index in [4.69, 9.17) is 5.11 Å². The van der Waals surface area contributed by atoms with Crippen LogP contribution < -0.4 is 0 Å². The normalized spacial score (nSPS) is 10.4. The average molecular weight is 264 g/mol. The first-order valence-corrected chi connectivity index (χ1v) is 6.97. The van der Waals surface area contributed by atoms with Crippen LogP contribution in [0.5, 0.6) is 0 Å². The summed E-state index contributed by atoms with van der Waals surface area (Å²) < 4.78 is 1.22. The van der Waals surface area contributed by atoms with Crippen LogP contribution in [0.25, 0.3) is 0 Å². The third-order valence-corrected chi connectivity index (χ3v) is 4.61. The largest absolute Gasteiger partial charge is 0.478 e. The summed E-state index contributed by atoms with van der Waals surface area (Å²) in [5.74, 6) is -0.161. The first kappa shape index (κ1) is 12.2. The summed E-state index contributed by atoms with van der Waals surface area (Å²) in [6, 6.07) is 11.3. The van der Waals surface area contributed by atoms with E-state index in [1.165, 1.54) is 9.09 Å². The molecule has 0 atom stereocenters. The second kappa shape index (κ2) is 5.38. The molecular weight excluding hydrogens is 252 g/mol. The van der Waals surface area contributed by atoms with Gasteiger partial charge in [0.2, 0.25) is 0 Å². The zero-order valence-corrected chi connectivity index (χ0v) is 11.0. The van der Waals surface area contributed by atoms with Crippen molar-refractivity contribution in [2.75, 3.05) is 0 Å². The molecule has 1 aromatic heterocycles. The molecule has 88 valence electrons. The highest BCUT2D eigenvalue weighted by molar-refractivity contribution is 8.00. The molecule has 1 heterocycles. The molecule has 0 amide bonds. The number of carbonyl (C=O) groups is 1. The summed E-state index contributed by atoms with van der Waals surface area (Å²) in [6.45, 7) is 2.07. The van der Waals surface area contributed by atoms with Gasteiger partial charge in [-0.3, -0.25) is 0 Å². The molecule has 0 saturated heterocycles. The predicted octanol–water partition coefficient (Wildman–Crippen LogP) is 4.05. The summed E-state index contributed by atoms with van der Waals surface area (Å²) in [6.07, 6.45) is 0. The summed E-state index contributed by atoms with van der Waals surface area (Å²) in [7, 11) is 0. The number of hydrogen-bond donors (Lipinski definition) is 1. The molecule has 2 rings (SSSR count). The number of rotatable bonds is 4. The monoisotopic (exact) mass is 264 g/mol. The van der Waals surface area contributed by atoms with E-state index >= 15 is 0 Å². The number of hydrogen-bond acceptors (Lipinski definition) is 3. The Labute approximate surface area is 108 Å². The van der Waals surface area contributed by atoms with Crippen LogP contribution in [0.15, 0.2) is 40.6 Å². The molecule has 0 unspecified atom stereocenters. The minimum absolute atomic E-state index is 0.397. The number of carboxylic acid groups (broad SMARTS) is 1. The van der Waals surface area contributed by atoms with Crippen LogP contribution in [0.3, 0.4) is 0 Å². The van der Waals surface area contributed by atoms with Crippen LogP contribution in [0, 0.1) is 6.92 Å². The Kier molecular flexibility index (Phi) is 3.86. The fourth-order valence-electron chi connectivity index (χ4n) is 1.49. The first-order chi connectivity index (χ1) is 8.16. The molecule has 0 aliphatic heterocycles. The zero-order chi connectivity index (χ0) is 12.3. The van der Waals surface area contributed by atoms with Crippen molar-refractivity contribution in [2.24, 2.45) is 0 Å². The van der Waals surface area contributed by atoms with Gasteiger partial charge in [0.15, 0.2) is 0 Å². The van der Waals surface area contributed by atoms with E-state index in [0.29, 0.717) is 11.3 Å². The van der Waals surface area contributed by atoms with Gasteiger partial charge in [0, 0.05) is 10.6 Å². The van der Waals surface area contributed by atoms with E-state index < -0.39 is 5.97 Å². The summed E-state index contributed by atoms with van der Waals surface area (Å²) >= 11 is 3.42. The lowest BCUT2D eigenvalue weighted by Gasteiger charge is -2.04. The van der Waals surface area contributed by atoms with Gasteiger partial charge in [0.05, 0.1) is 9.77 Å². The Balaban J connectivity index is 2.11. The Morgan fingerprint density at radius 2 is 2.06 bits per heavy atom. The third kappa shape index (κ3) is 3.11. The Hall–Kier alpha value is -1.26. The smallest absolute Gasteiger partial charge is 0.335 e. The van der Waals surface area contributed by atoms with E-state index in [-0.39, 0.29) is 0 Å². The Morgan fingerprint density at radius 1 is 1.29 bits per heavy atom. The van der Waals surface area contributed by atoms with Crippen molar-refractivity contribution in [3.8, 4) is 0 Å². The predicted molar refractivity (Wildman–Crippen MR) is 72.0 cm³/mol. The van der Waals surface area contributed by atoms with Crippen molar-refractivity contribution >= 4 is 29.1 Å². The molecule has 0 fully saturated rings. The molecule has 0 radical (unpaired) electrons. The minimum Gasteiger partial charge on any atom is -0.478 e. The number of carboxylic acids is 1. The molecular formula is C13H12O2S2. The summed E-state index contributed by atoms with van der Waals surface area (Å²) in [4.78, 5) is 12.3. The first-order valence-electron chi connectivity index (χ1n) is 5.17. The molecule has 17 heavy (non-hydrogen) atoms. The molecule has 0 aliphatic carbocycles. The fraction of sp³-hybridized carbons (Fsp3) is 0.154. The van der Waals surface area contributed by atoms with Gasteiger partial charge in [-0.15, -0.1) is 23.1 Å². The number of thiophene rings is 1. The Morgan fingerprint density at radius 3 is 2.71 bits per heavy atom. The molecule has 2 nitrogen and oxygen atoms in total. The van der Waals surface area contributed by atoms with Crippen LogP contribution in [-0.2, 0) is 5.75 Å². The molecule has 0 bridgehead atoms. The average Bonchev–Trinajstić information content (AvgIpc) is 2.73. The van der Waals surface area contributed by atoms with Crippen molar-refractivity contribution in [1.29, 1.82) is 0 Å². The fourth-order valence-corrected chi connectivity index (χ4v) is 3.60. The quantitative estimate of drug-likeness (QED) is 0.847. The van der Waals surface area contributed by atoms with Crippen molar-refractivity contribution < 1.29 is 9.90 Å². The molecule has 0 spiro atoms. The summed E-state index contributed by atoms with van der Waals surface area (Å²) in [5, 5.41) is 9.06. The van der Waals surface area contributed by atoms with Crippen LogP contribution in [0.1, 0.15) is 20.8 Å². The van der Waals surface area contributed by atoms with Gasteiger partial charge in [0.25, 0.3) is 0 Å². The van der Waals surface area contributed by atoms with E-state index in [2.05, 4.69) is 19.1 Å². The second-order valence-electron chi connectivity index (χ2n) is 3.62. The molecule has 0 saturated carbocycles.